The van der Waals surface area contributed by atoms with E-state index in [2.05, 4.69) is 33.9 Å². The van der Waals surface area contributed by atoms with Gasteiger partial charge in [0.05, 0.1) is 25.7 Å². The minimum absolute atomic E-state index is 0.0953. The second-order valence-electron chi connectivity index (χ2n) is 7.79. The number of rotatable bonds is 5. The van der Waals surface area contributed by atoms with E-state index in [1.54, 1.807) is 18.4 Å². The van der Waals surface area contributed by atoms with E-state index in [0.717, 1.165) is 5.56 Å². The Balaban J connectivity index is 2.39. The van der Waals surface area contributed by atoms with E-state index in [1.807, 2.05) is 6.07 Å². The van der Waals surface area contributed by atoms with Gasteiger partial charge >= 0.3 is 5.97 Å². The molecule has 2 aromatic rings. The van der Waals surface area contributed by atoms with E-state index < -0.39 is 14.3 Å². The number of carbonyl (C=O) groups is 1. The van der Waals surface area contributed by atoms with Gasteiger partial charge in [0.1, 0.15) is 11.3 Å². The van der Waals surface area contributed by atoms with Crippen molar-refractivity contribution in [3.05, 3.63) is 35.8 Å². The van der Waals surface area contributed by atoms with E-state index >= 15 is 0 Å². The fraction of sp³-hybridized carbons (Fsp3) is 0.421. The van der Waals surface area contributed by atoms with Crippen molar-refractivity contribution in [1.29, 1.82) is 0 Å². The maximum atomic E-state index is 12.0. The molecule has 1 heterocycles. The number of methoxy groups -OCH3 is 1. The Labute approximate surface area is 155 Å². The number of furan rings is 1. The van der Waals surface area contributed by atoms with E-state index in [0.29, 0.717) is 17.9 Å². The van der Waals surface area contributed by atoms with Gasteiger partial charge in [0.15, 0.2) is 8.32 Å². The molecular weight excluding hydrogens is 348 g/mol. The first-order chi connectivity index (χ1) is 12.0. The van der Waals surface area contributed by atoms with Crippen LogP contribution < -0.4 is 11.5 Å². The maximum Gasteiger partial charge on any atom is 0.342 e. The number of benzene rings is 1. The van der Waals surface area contributed by atoms with E-state index in [-0.39, 0.29) is 22.0 Å². The molecule has 0 atom stereocenters. The van der Waals surface area contributed by atoms with Gasteiger partial charge in [0, 0.05) is 16.8 Å². The summed E-state index contributed by atoms with van der Waals surface area (Å²) >= 11 is 0. The molecule has 142 valence electrons. The van der Waals surface area contributed by atoms with Crippen molar-refractivity contribution in [3.63, 3.8) is 0 Å². The maximum absolute atomic E-state index is 12.0. The molecule has 0 saturated heterocycles. The summed E-state index contributed by atoms with van der Waals surface area (Å²) in [5.41, 5.74) is 14.3. The molecule has 0 amide bonds. The Morgan fingerprint density at radius 2 is 1.81 bits per heavy atom. The van der Waals surface area contributed by atoms with Gasteiger partial charge in [-0.1, -0.05) is 26.8 Å². The Bertz CT molecular complexity index is 806. The molecule has 0 unspecified atom stereocenters. The summed E-state index contributed by atoms with van der Waals surface area (Å²) in [4.78, 5) is 12.0. The molecule has 0 fully saturated rings. The SMILES string of the molecule is COC(=O)c1c(N)ccc(-c2ccoc2CO[Si](C)(C)C(C)(C)C)c1N. The lowest BCUT2D eigenvalue weighted by Crippen LogP contribution is -2.40. The number of nitrogen functional groups attached to an aromatic ring is 2. The smallest absolute Gasteiger partial charge is 0.342 e. The number of nitrogens with two attached hydrogens (primary N) is 2. The zero-order valence-corrected chi connectivity index (χ0v) is 17.3. The Morgan fingerprint density at radius 1 is 1.15 bits per heavy atom. The predicted octanol–water partition coefficient (Wildman–Crippen LogP) is 4.42. The number of ether oxygens (including phenoxy) is 1. The molecule has 0 spiro atoms. The van der Waals surface area contributed by atoms with Crippen LogP contribution in [0.5, 0.6) is 0 Å². The molecular formula is C19H28N2O4Si. The highest BCUT2D eigenvalue weighted by Crippen LogP contribution is 2.39. The molecule has 0 bridgehead atoms. The number of esters is 1. The van der Waals surface area contributed by atoms with Crippen molar-refractivity contribution < 1.29 is 18.4 Å². The molecule has 0 saturated carbocycles. The summed E-state index contributed by atoms with van der Waals surface area (Å²) in [5.74, 6) is 0.103. The van der Waals surface area contributed by atoms with Crippen LogP contribution in [0.3, 0.4) is 0 Å². The van der Waals surface area contributed by atoms with Crippen molar-refractivity contribution >= 4 is 25.7 Å². The van der Waals surface area contributed by atoms with Crippen molar-refractivity contribution in [3.8, 4) is 11.1 Å². The summed E-state index contributed by atoms with van der Waals surface area (Å²) in [7, 11) is -0.632. The van der Waals surface area contributed by atoms with Gasteiger partial charge < -0.3 is 25.0 Å². The molecule has 0 aliphatic heterocycles. The van der Waals surface area contributed by atoms with Crippen LogP contribution in [0.1, 0.15) is 36.9 Å². The van der Waals surface area contributed by atoms with Crippen molar-refractivity contribution in [2.45, 2.75) is 45.5 Å². The normalized spacial score (nSPS) is 12.2. The average Bonchev–Trinajstić information content (AvgIpc) is 3.00. The van der Waals surface area contributed by atoms with Crippen LogP contribution in [0.4, 0.5) is 11.4 Å². The fourth-order valence-corrected chi connectivity index (χ4v) is 3.28. The minimum atomic E-state index is -1.93. The van der Waals surface area contributed by atoms with Gasteiger partial charge in [-0.3, -0.25) is 0 Å². The summed E-state index contributed by atoms with van der Waals surface area (Å²) in [5, 5.41) is 0.0953. The molecule has 0 aliphatic rings. The topological polar surface area (TPSA) is 101 Å². The van der Waals surface area contributed by atoms with E-state index in [1.165, 1.54) is 7.11 Å². The molecule has 1 aromatic heterocycles. The van der Waals surface area contributed by atoms with Gasteiger partial charge in [-0.2, -0.15) is 0 Å². The standard InChI is InChI=1S/C19H28N2O4Si/c1-19(2,3)26(5,6)25-11-15-12(9-10-24-15)13-7-8-14(20)16(17(13)21)18(22)23-4/h7-10H,11,20-21H2,1-6H3. The highest BCUT2D eigenvalue weighted by Gasteiger charge is 2.37. The van der Waals surface area contributed by atoms with Crippen molar-refractivity contribution in [2.75, 3.05) is 18.6 Å². The first-order valence-electron chi connectivity index (χ1n) is 8.46. The van der Waals surface area contributed by atoms with Gasteiger partial charge in [-0.05, 0) is 30.3 Å². The van der Waals surface area contributed by atoms with Crippen LogP contribution in [0, 0.1) is 0 Å². The zero-order chi connectivity index (χ0) is 19.7. The van der Waals surface area contributed by atoms with Gasteiger partial charge in [0.25, 0.3) is 0 Å². The predicted molar refractivity (Wildman–Crippen MR) is 106 cm³/mol. The molecule has 6 nitrogen and oxygen atoms in total. The Kier molecular flexibility index (Phi) is 5.53. The fourth-order valence-electron chi connectivity index (χ4n) is 2.36. The van der Waals surface area contributed by atoms with Gasteiger partial charge in [-0.15, -0.1) is 0 Å². The minimum Gasteiger partial charge on any atom is -0.466 e. The number of carbonyl (C=O) groups excluding carboxylic acids is 1. The van der Waals surface area contributed by atoms with Crippen molar-refractivity contribution in [2.24, 2.45) is 0 Å². The molecule has 1 aromatic carbocycles. The summed E-state index contributed by atoms with van der Waals surface area (Å²) in [6.45, 7) is 11.3. The summed E-state index contributed by atoms with van der Waals surface area (Å²) < 4.78 is 16.7. The van der Waals surface area contributed by atoms with Crippen LogP contribution in [-0.2, 0) is 15.8 Å². The quantitative estimate of drug-likeness (QED) is 0.455. The molecule has 7 heteroatoms. The second kappa shape index (κ2) is 7.17. The Morgan fingerprint density at radius 3 is 2.38 bits per heavy atom. The van der Waals surface area contributed by atoms with Crippen molar-refractivity contribution in [1.82, 2.24) is 0 Å². The third-order valence-corrected chi connectivity index (χ3v) is 9.55. The number of hydrogen-bond acceptors (Lipinski definition) is 6. The van der Waals surface area contributed by atoms with Crippen LogP contribution in [0.2, 0.25) is 18.1 Å². The van der Waals surface area contributed by atoms with Crippen LogP contribution in [0.15, 0.2) is 28.9 Å². The molecule has 0 radical (unpaired) electrons. The Hall–Kier alpha value is -2.25. The second-order valence-corrected chi connectivity index (χ2v) is 12.6. The summed E-state index contributed by atoms with van der Waals surface area (Å²) in [6.07, 6.45) is 1.59. The third-order valence-electron chi connectivity index (χ3n) is 5.07. The highest BCUT2D eigenvalue weighted by atomic mass is 28.4. The molecule has 2 rings (SSSR count). The number of anilines is 2. The lowest BCUT2D eigenvalue weighted by Gasteiger charge is -2.35. The summed E-state index contributed by atoms with van der Waals surface area (Å²) in [6, 6.07) is 5.23. The van der Waals surface area contributed by atoms with Crippen LogP contribution >= 0.6 is 0 Å². The van der Waals surface area contributed by atoms with Gasteiger partial charge in [0.2, 0.25) is 0 Å². The third kappa shape index (κ3) is 3.78. The first-order valence-corrected chi connectivity index (χ1v) is 11.4. The van der Waals surface area contributed by atoms with E-state index in [9.17, 15) is 4.79 Å². The number of hydrogen-bond donors (Lipinski definition) is 2. The van der Waals surface area contributed by atoms with Crippen LogP contribution in [0.25, 0.3) is 11.1 Å². The lowest BCUT2D eigenvalue weighted by atomic mass is 9.99. The molecule has 4 N–H and O–H groups in total. The monoisotopic (exact) mass is 376 g/mol. The largest absolute Gasteiger partial charge is 0.466 e. The average molecular weight is 377 g/mol. The molecule has 26 heavy (non-hydrogen) atoms. The lowest BCUT2D eigenvalue weighted by molar-refractivity contribution is 0.0603. The zero-order valence-electron chi connectivity index (χ0n) is 16.3. The van der Waals surface area contributed by atoms with Gasteiger partial charge in [-0.25, -0.2) is 4.79 Å². The van der Waals surface area contributed by atoms with E-state index in [4.69, 9.17) is 25.0 Å². The highest BCUT2D eigenvalue weighted by molar-refractivity contribution is 6.74. The first kappa shape index (κ1) is 20.1. The molecule has 0 aliphatic carbocycles. The van der Waals surface area contributed by atoms with Crippen LogP contribution in [-0.4, -0.2) is 21.4 Å².